The van der Waals surface area contributed by atoms with Gasteiger partial charge in [-0.05, 0) is 37.6 Å². The Morgan fingerprint density at radius 2 is 2.26 bits per heavy atom. The molecular weight excluding hydrogens is 242 g/mol. The number of aromatic amines is 1. The normalized spacial score (nSPS) is 10.7. The van der Waals surface area contributed by atoms with Crippen molar-refractivity contribution in [2.75, 3.05) is 20.1 Å². The average molecular weight is 261 g/mol. The van der Waals surface area contributed by atoms with Crippen molar-refractivity contribution in [3.63, 3.8) is 0 Å². The predicted octanol–water partition coefficient (Wildman–Crippen LogP) is 2.12. The number of nitrogens with two attached hydrogens (primary N) is 1. The number of carbonyl (C=O) groups is 1. The summed E-state index contributed by atoms with van der Waals surface area (Å²) in [5, 5.41) is 0.936. The van der Waals surface area contributed by atoms with Gasteiger partial charge in [-0.15, -0.1) is 0 Å². The molecule has 1 aromatic carbocycles. The summed E-state index contributed by atoms with van der Waals surface area (Å²) < 4.78 is 5.45. The van der Waals surface area contributed by atoms with Crippen molar-refractivity contribution in [3.8, 4) is 5.75 Å². The van der Waals surface area contributed by atoms with Crippen LogP contribution < -0.4 is 10.5 Å². The lowest BCUT2D eigenvalue weighted by Crippen LogP contribution is -2.29. The molecule has 19 heavy (non-hydrogen) atoms. The van der Waals surface area contributed by atoms with Crippen LogP contribution in [0.4, 0.5) is 4.79 Å². The standard InChI is InChI=1S/C14H19N3O2/c1-3-17(2)14(18)19-12-6-4-5-11-13(12)10(7-8-15)9-16-11/h4-6,9,16H,3,7-8,15H2,1-2H3. The van der Waals surface area contributed by atoms with E-state index in [4.69, 9.17) is 10.5 Å². The number of aromatic nitrogens is 1. The zero-order valence-electron chi connectivity index (χ0n) is 11.3. The Balaban J connectivity index is 2.36. The quantitative estimate of drug-likeness (QED) is 0.885. The van der Waals surface area contributed by atoms with Gasteiger partial charge >= 0.3 is 6.09 Å². The van der Waals surface area contributed by atoms with Gasteiger partial charge in [0.2, 0.25) is 0 Å². The van der Waals surface area contributed by atoms with Crippen LogP contribution in [0.1, 0.15) is 12.5 Å². The zero-order valence-corrected chi connectivity index (χ0v) is 11.3. The van der Waals surface area contributed by atoms with E-state index in [2.05, 4.69) is 4.98 Å². The smallest absolute Gasteiger partial charge is 0.409 e. The van der Waals surface area contributed by atoms with Gasteiger partial charge in [0.15, 0.2) is 0 Å². The molecule has 2 rings (SSSR count). The summed E-state index contributed by atoms with van der Waals surface area (Å²) in [7, 11) is 1.71. The summed E-state index contributed by atoms with van der Waals surface area (Å²) in [5.41, 5.74) is 7.62. The summed E-state index contributed by atoms with van der Waals surface area (Å²) in [6.07, 6.45) is 2.31. The number of fused-ring (bicyclic) bond motifs is 1. The third-order valence-electron chi connectivity index (χ3n) is 3.15. The van der Waals surface area contributed by atoms with Gasteiger partial charge in [0.05, 0.1) is 0 Å². The van der Waals surface area contributed by atoms with Gasteiger partial charge < -0.3 is 20.4 Å². The molecule has 0 radical (unpaired) electrons. The Morgan fingerprint density at radius 1 is 1.47 bits per heavy atom. The lowest BCUT2D eigenvalue weighted by Gasteiger charge is -2.15. The van der Waals surface area contributed by atoms with E-state index in [9.17, 15) is 4.79 Å². The molecule has 5 nitrogen and oxygen atoms in total. The number of benzene rings is 1. The maximum absolute atomic E-state index is 11.8. The molecule has 0 saturated heterocycles. The SMILES string of the molecule is CCN(C)C(=O)Oc1cccc2[nH]cc(CCN)c12. The van der Waals surface area contributed by atoms with Gasteiger partial charge in [-0.1, -0.05) is 6.07 Å². The lowest BCUT2D eigenvalue weighted by molar-refractivity contribution is 0.166. The second-order valence-corrected chi connectivity index (χ2v) is 4.41. The molecule has 0 bridgehead atoms. The van der Waals surface area contributed by atoms with Crippen molar-refractivity contribution in [1.82, 2.24) is 9.88 Å². The Kier molecular flexibility index (Phi) is 4.06. The van der Waals surface area contributed by atoms with Gasteiger partial charge in [-0.2, -0.15) is 0 Å². The molecule has 0 unspecified atom stereocenters. The zero-order chi connectivity index (χ0) is 13.8. The van der Waals surface area contributed by atoms with E-state index >= 15 is 0 Å². The van der Waals surface area contributed by atoms with Crippen LogP contribution in [-0.4, -0.2) is 36.1 Å². The number of hydrogen-bond acceptors (Lipinski definition) is 3. The first-order chi connectivity index (χ1) is 9.17. The van der Waals surface area contributed by atoms with Crippen LogP contribution in [0.5, 0.6) is 5.75 Å². The van der Waals surface area contributed by atoms with Crippen molar-refractivity contribution < 1.29 is 9.53 Å². The van der Waals surface area contributed by atoms with Crippen molar-refractivity contribution in [2.45, 2.75) is 13.3 Å². The molecule has 3 N–H and O–H groups in total. The lowest BCUT2D eigenvalue weighted by atomic mass is 10.1. The maximum Gasteiger partial charge on any atom is 0.414 e. The summed E-state index contributed by atoms with van der Waals surface area (Å²) in [6.45, 7) is 3.07. The number of carbonyl (C=O) groups excluding carboxylic acids is 1. The number of nitrogens with one attached hydrogen (secondary N) is 1. The van der Waals surface area contributed by atoms with Crippen molar-refractivity contribution in [1.29, 1.82) is 0 Å². The maximum atomic E-state index is 11.8. The molecule has 1 heterocycles. The van der Waals surface area contributed by atoms with E-state index in [-0.39, 0.29) is 6.09 Å². The molecular formula is C14H19N3O2. The fourth-order valence-corrected chi connectivity index (χ4v) is 1.96. The topological polar surface area (TPSA) is 71.3 Å². The number of hydrogen-bond donors (Lipinski definition) is 2. The van der Waals surface area contributed by atoms with E-state index in [1.165, 1.54) is 4.90 Å². The average Bonchev–Trinajstić information content (AvgIpc) is 2.82. The first-order valence-corrected chi connectivity index (χ1v) is 6.39. The van der Waals surface area contributed by atoms with E-state index in [0.29, 0.717) is 18.8 Å². The third-order valence-corrected chi connectivity index (χ3v) is 3.15. The first kappa shape index (κ1) is 13.4. The second kappa shape index (κ2) is 5.75. The molecule has 1 amide bonds. The molecule has 2 aromatic rings. The van der Waals surface area contributed by atoms with Gasteiger partial charge in [-0.25, -0.2) is 4.79 Å². The highest BCUT2D eigenvalue weighted by Gasteiger charge is 2.14. The van der Waals surface area contributed by atoms with E-state index in [0.717, 1.165) is 22.9 Å². The number of H-pyrrole nitrogens is 1. The summed E-state index contributed by atoms with van der Waals surface area (Å²) in [5.74, 6) is 0.576. The minimum Gasteiger partial charge on any atom is -0.409 e. The second-order valence-electron chi connectivity index (χ2n) is 4.41. The number of ether oxygens (including phenoxy) is 1. The summed E-state index contributed by atoms with van der Waals surface area (Å²) in [6, 6.07) is 5.62. The number of nitrogens with zero attached hydrogens (tertiary/aromatic N) is 1. The summed E-state index contributed by atoms with van der Waals surface area (Å²) in [4.78, 5) is 16.5. The van der Waals surface area contributed by atoms with E-state index in [1.54, 1.807) is 13.1 Å². The van der Waals surface area contributed by atoms with E-state index < -0.39 is 0 Å². The van der Waals surface area contributed by atoms with Crippen LogP contribution in [0.2, 0.25) is 0 Å². The van der Waals surface area contributed by atoms with Crippen molar-refractivity contribution in [2.24, 2.45) is 5.73 Å². The monoisotopic (exact) mass is 261 g/mol. The van der Waals surface area contributed by atoms with E-state index in [1.807, 2.05) is 25.3 Å². The Labute approximate surface area is 112 Å². The molecule has 0 aliphatic rings. The van der Waals surface area contributed by atoms with Crippen LogP contribution in [0.15, 0.2) is 24.4 Å². The van der Waals surface area contributed by atoms with Crippen LogP contribution in [0.3, 0.4) is 0 Å². The molecule has 0 saturated carbocycles. The predicted molar refractivity (Wildman–Crippen MR) is 75.4 cm³/mol. The Hall–Kier alpha value is -2.01. The minimum atomic E-state index is -0.352. The van der Waals surface area contributed by atoms with Crippen LogP contribution in [0, 0.1) is 0 Å². The molecule has 0 aliphatic heterocycles. The first-order valence-electron chi connectivity index (χ1n) is 6.39. The summed E-state index contributed by atoms with van der Waals surface area (Å²) >= 11 is 0. The van der Waals surface area contributed by atoms with Crippen molar-refractivity contribution in [3.05, 3.63) is 30.0 Å². The molecule has 0 fully saturated rings. The molecule has 1 aromatic heterocycles. The molecule has 0 spiro atoms. The third kappa shape index (κ3) is 2.71. The number of amides is 1. The van der Waals surface area contributed by atoms with Crippen LogP contribution >= 0.6 is 0 Å². The Morgan fingerprint density at radius 3 is 2.95 bits per heavy atom. The minimum absolute atomic E-state index is 0.352. The van der Waals surface area contributed by atoms with Crippen LogP contribution in [0.25, 0.3) is 10.9 Å². The highest BCUT2D eigenvalue weighted by molar-refractivity contribution is 5.91. The van der Waals surface area contributed by atoms with Gasteiger partial charge in [-0.3, -0.25) is 0 Å². The fraction of sp³-hybridized carbons (Fsp3) is 0.357. The molecule has 0 atom stereocenters. The van der Waals surface area contributed by atoms with Crippen LogP contribution in [-0.2, 0) is 6.42 Å². The fourth-order valence-electron chi connectivity index (χ4n) is 1.96. The van der Waals surface area contributed by atoms with Crippen molar-refractivity contribution >= 4 is 17.0 Å². The van der Waals surface area contributed by atoms with Gasteiger partial charge in [0.25, 0.3) is 0 Å². The van der Waals surface area contributed by atoms with Gasteiger partial charge in [0.1, 0.15) is 5.75 Å². The highest BCUT2D eigenvalue weighted by atomic mass is 16.6. The molecule has 102 valence electrons. The highest BCUT2D eigenvalue weighted by Crippen LogP contribution is 2.29. The van der Waals surface area contributed by atoms with Gasteiger partial charge in [0, 0.05) is 30.7 Å². The number of rotatable bonds is 4. The molecule has 5 heteroatoms. The Bertz CT molecular complexity index is 577. The largest absolute Gasteiger partial charge is 0.414 e. The molecule has 0 aliphatic carbocycles.